The van der Waals surface area contributed by atoms with Crippen LogP contribution in [0.25, 0.3) is 0 Å². The Morgan fingerprint density at radius 2 is 2.20 bits per heavy atom. The van der Waals surface area contributed by atoms with Crippen LogP contribution >= 0.6 is 0 Å². The van der Waals surface area contributed by atoms with E-state index in [1.54, 1.807) is 7.11 Å². The highest BCUT2D eigenvalue weighted by atomic mass is 16.5. The number of hydrogen-bond donors (Lipinski definition) is 1. The monoisotopic (exact) mass is 278 g/mol. The molecule has 0 aliphatic carbocycles. The fourth-order valence-electron chi connectivity index (χ4n) is 3.03. The van der Waals surface area contributed by atoms with Gasteiger partial charge in [0.15, 0.2) is 0 Å². The third-order valence-corrected chi connectivity index (χ3v) is 3.61. The Bertz CT molecular complexity index is 460. The number of ether oxygens (including phenoxy) is 2. The molecule has 4 heteroatoms. The predicted octanol–water partition coefficient (Wildman–Crippen LogP) is 2.15. The maximum absolute atomic E-state index is 5.95. The van der Waals surface area contributed by atoms with Gasteiger partial charge in [-0.15, -0.1) is 0 Å². The summed E-state index contributed by atoms with van der Waals surface area (Å²) in [6, 6.07) is 6.17. The summed E-state index contributed by atoms with van der Waals surface area (Å²) < 4.78 is 11.4. The lowest BCUT2D eigenvalue weighted by molar-refractivity contribution is -0.130. The van der Waals surface area contributed by atoms with E-state index in [4.69, 9.17) is 15.2 Å². The molecule has 1 heterocycles. The Morgan fingerprint density at radius 1 is 1.45 bits per heavy atom. The molecule has 0 aromatic heterocycles. The Morgan fingerprint density at radius 3 is 2.80 bits per heavy atom. The molecule has 1 unspecified atom stereocenters. The van der Waals surface area contributed by atoms with Gasteiger partial charge in [-0.25, -0.2) is 0 Å². The van der Waals surface area contributed by atoms with Gasteiger partial charge in [0, 0.05) is 31.7 Å². The summed E-state index contributed by atoms with van der Waals surface area (Å²) in [5.74, 6) is 0.930. The highest BCUT2D eigenvalue weighted by Crippen LogP contribution is 2.26. The molecule has 1 saturated heterocycles. The van der Waals surface area contributed by atoms with Gasteiger partial charge in [-0.05, 0) is 38.5 Å². The Balaban J connectivity index is 2.16. The molecule has 4 nitrogen and oxygen atoms in total. The van der Waals surface area contributed by atoms with E-state index >= 15 is 0 Å². The highest BCUT2D eigenvalue weighted by molar-refractivity contribution is 5.37. The van der Waals surface area contributed by atoms with Crippen molar-refractivity contribution in [2.75, 3.05) is 20.2 Å². The van der Waals surface area contributed by atoms with Crippen LogP contribution < -0.4 is 10.5 Å². The number of morpholine rings is 1. The Labute approximate surface area is 121 Å². The molecule has 1 aliphatic heterocycles. The van der Waals surface area contributed by atoms with Crippen LogP contribution in [0.4, 0.5) is 0 Å². The normalized spacial score (nSPS) is 22.8. The zero-order valence-corrected chi connectivity index (χ0v) is 13.0. The quantitative estimate of drug-likeness (QED) is 0.917. The zero-order valence-electron chi connectivity index (χ0n) is 13.0. The molecule has 0 saturated carbocycles. The summed E-state index contributed by atoms with van der Waals surface area (Å²) in [7, 11) is 1.72. The van der Waals surface area contributed by atoms with E-state index in [2.05, 4.69) is 31.7 Å². The van der Waals surface area contributed by atoms with Crippen LogP contribution in [0.15, 0.2) is 18.2 Å². The predicted molar refractivity (Wildman–Crippen MR) is 80.8 cm³/mol. The van der Waals surface area contributed by atoms with E-state index in [-0.39, 0.29) is 11.7 Å². The summed E-state index contributed by atoms with van der Waals surface area (Å²) in [4.78, 5) is 2.42. The lowest BCUT2D eigenvalue weighted by Crippen LogP contribution is -2.51. The van der Waals surface area contributed by atoms with Gasteiger partial charge in [-0.3, -0.25) is 4.90 Å². The second kappa shape index (κ2) is 6.12. The number of rotatable bonds is 4. The van der Waals surface area contributed by atoms with Gasteiger partial charge in [0.1, 0.15) is 5.75 Å². The van der Waals surface area contributed by atoms with Crippen LogP contribution in [-0.2, 0) is 17.8 Å². The summed E-state index contributed by atoms with van der Waals surface area (Å²) in [6.07, 6.45) is 0.252. The summed E-state index contributed by atoms with van der Waals surface area (Å²) in [6.45, 7) is 9.71. The van der Waals surface area contributed by atoms with E-state index in [1.165, 1.54) is 5.56 Å². The first-order chi connectivity index (χ1) is 9.43. The van der Waals surface area contributed by atoms with Crippen molar-refractivity contribution in [3.63, 3.8) is 0 Å². The molecule has 2 N–H and O–H groups in total. The van der Waals surface area contributed by atoms with Crippen LogP contribution in [0.3, 0.4) is 0 Å². The molecular formula is C16H26N2O2. The molecule has 1 atom stereocenters. The van der Waals surface area contributed by atoms with E-state index in [1.807, 2.05) is 12.1 Å². The lowest BCUT2D eigenvalue weighted by Gasteiger charge is -2.41. The van der Waals surface area contributed by atoms with Crippen molar-refractivity contribution >= 4 is 0 Å². The van der Waals surface area contributed by atoms with Crippen molar-refractivity contribution in [3.05, 3.63) is 29.3 Å². The first kappa shape index (κ1) is 15.3. The maximum Gasteiger partial charge on any atom is 0.123 e. The SMILES string of the molecule is COc1ccc(CN)cc1CN1CC(C)OC(C)(C)C1. The first-order valence-electron chi connectivity index (χ1n) is 7.19. The van der Waals surface area contributed by atoms with E-state index < -0.39 is 0 Å². The Hall–Kier alpha value is -1.10. The molecule has 112 valence electrons. The number of hydrogen-bond acceptors (Lipinski definition) is 4. The smallest absolute Gasteiger partial charge is 0.123 e. The van der Waals surface area contributed by atoms with Crippen molar-refractivity contribution in [1.82, 2.24) is 4.90 Å². The minimum absolute atomic E-state index is 0.101. The van der Waals surface area contributed by atoms with Crippen molar-refractivity contribution in [1.29, 1.82) is 0 Å². The average Bonchev–Trinajstić information content (AvgIpc) is 2.36. The van der Waals surface area contributed by atoms with Crippen molar-refractivity contribution < 1.29 is 9.47 Å². The molecule has 0 amide bonds. The van der Waals surface area contributed by atoms with Crippen molar-refractivity contribution in [3.8, 4) is 5.75 Å². The van der Waals surface area contributed by atoms with Gasteiger partial charge in [-0.2, -0.15) is 0 Å². The number of methoxy groups -OCH3 is 1. The minimum atomic E-state index is -0.101. The van der Waals surface area contributed by atoms with E-state index in [0.29, 0.717) is 6.54 Å². The van der Waals surface area contributed by atoms with Crippen molar-refractivity contribution in [2.24, 2.45) is 5.73 Å². The van der Waals surface area contributed by atoms with Gasteiger partial charge in [-0.1, -0.05) is 6.07 Å². The van der Waals surface area contributed by atoms with Crippen LogP contribution in [0.5, 0.6) is 5.75 Å². The molecule has 0 radical (unpaired) electrons. The second-order valence-electron chi connectivity index (χ2n) is 6.21. The second-order valence-corrected chi connectivity index (χ2v) is 6.21. The molecular weight excluding hydrogens is 252 g/mol. The van der Waals surface area contributed by atoms with Gasteiger partial charge in [0.25, 0.3) is 0 Å². The molecule has 0 spiro atoms. The number of nitrogens with two attached hydrogens (primary N) is 1. The Kier molecular flexibility index (Phi) is 4.68. The molecule has 1 aromatic carbocycles. The molecule has 2 rings (SSSR count). The summed E-state index contributed by atoms with van der Waals surface area (Å²) in [5.41, 5.74) is 7.97. The van der Waals surface area contributed by atoms with Gasteiger partial charge in [0.2, 0.25) is 0 Å². The van der Waals surface area contributed by atoms with Crippen LogP contribution in [0.2, 0.25) is 0 Å². The molecule has 1 aromatic rings. The standard InChI is InChI=1S/C16H26N2O2/c1-12-9-18(11-16(2,3)20-12)10-14-7-13(8-17)5-6-15(14)19-4/h5-7,12H,8-11,17H2,1-4H3. The average molecular weight is 278 g/mol. The topological polar surface area (TPSA) is 47.7 Å². The third-order valence-electron chi connectivity index (χ3n) is 3.61. The lowest BCUT2D eigenvalue weighted by atomic mass is 10.0. The molecule has 1 aliphatic rings. The van der Waals surface area contributed by atoms with Gasteiger partial charge < -0.3 is 15.2 Å². The number of benzene rings is 1. The molecule has 1 fully saturated rings. The summed E-state index contributed by atoms with van der Waals surface area (Å²) in [5, 5.41) is 0. The van der Waals surface area contributed by atoms with Gasteiger partial charge >= 0.3 is 0 Å². The third kappa shape index (κ3) is 3.72. The minimum Gasteiger partial charge on any atom is -0.496 e. The highest BCUT2D eigenvalue weighted by Gasteiger charge is 2.31. The summed E-state index contributed by atoms with van der Waals surface area (Å²) >= 11 is 0. The van der Waals surface area contributed by atoms with Crippen LogP contribution in [-0.4, -0.2) is 36.8 Å². The van der Waals surface area contributed by atoms with Crippen molar-refractivity contribution in [2.45, 2.75) is 45.6 Å². The zero-order chi connectivity index (χ0) is 14.8. The van der Waals surface area contributed by atoms with E-state index in [9.17, 15) is 0 Å². The van der Waals surface area contributed by atoms with Crippen LogP contribution in [0, 0.1) is 0 Å². The van der Waals surface area contributed by atoms with Crippen LogP contribution in [0.1, 0.15) is 31.9 Å². The molecule has 0 bridgehead atoms. The van der Waals surface area contributed by atoms with Gasteiger partial charge in [0.05, 0.1) is 18.8 Å². The maximum atomic E-state index is 5.95. The fraction of sp³-hybridized carbons (Fsp3) is 0.625. The first-order valence-corrected chi connectivity index (χ1v) is 7.19. The van der Waals surface area contributed by atoms with E-state index in [0.717, 1.165) is 30.9 Å². The fourth-order valence-corrected chi connectivity index (χ4v) is 3.03. The number of nitrogens with zero attached hydrogens (tertiary/aromatic N) is 1. The molecule has 20 heavy (non-hydrogen) atoms. The largest absolute Gasteiger partial charge is 0.496 e.